The third kappa shape index (κ3) is 7.50. The van der Waals surface area contributed by atoms with Crippen LogP contribution in [0.3, 0.4) is 0 Å². The maximum absolute atomic E-state index is 11.6. The van der Waals surface area contributed by atoms with Crippen LogP contribution in [-0.4, -0.2) is 30.1 Å². The maximum atomic E-state index is 11.6. The predicted molar refractivity (Wildman–Crippen MR) is 78.7 cm³/mol. The standard InChI is InChI=1S/C13H21ClN2O2S/c1-10(2)18-6-4-3-5-15-12(17)7-13-16-11(8-14)9-19-13/h9-10H,3-8H2,1-2H3,(H,15,17). The summed E-state index contributed by atoms with van der Waals surface area (Å²) in [7, 11) is 0. The van der Waals surface area contributed by atoms with E-state index in [9.17, 15) is 4.79 Å². The van der Waals surface area contributed by atoms with Crippen LogP contribution in [0.2, 0.25) is 0 Å². The van der Waals surface area contributed by atoms with Crippen LogP contribution in [0.1, 0.15) is 37.4 Å². The molecule has 1 heterocycles. The van der Waals surface area contributed by atoms with Crippen molar-refractivity contribution in [3.63, 3.8) is 0 Å². The van der Waals surface area contributed by atoms with Crippen LogP contribution in [0.25, 0.3) is 0 Å². The molecule has 0 saturated heterocycles. The number of hydrogen-bond acceptors (Lipinski definition) is 4. The van der Waals surface area contributed by atoms with E-state index in [2.05, 4.69) is 10.3 Å². The molecule has 1 rings (SSSR count). The summed E-state index contributed by atoms with van der Waals surface area (Å²) < 4.78 is 5.43. The Morgan fingerprint density at radius 3 is 2.95 bits per heavy atom. The quantitative estimate of drug-likeness (QED) is 0.564. The van der Waals surface area contributed by atoms with Gasteiger partial charge in [0.2, 0.25) is 5.91 Å². The number of halogens is 1. The number of aromatic nitrogens is 1. The van der Waals surface area contributed by atoms with Crippen molar-refractivity contribution in [2.75, 3.05) is 13.2 Å². The molecular formula is C13H21ClN2O2S. The lowest BCUT2D eigenvalue weighted by atomic mass is 10.3. The second-order valence-electron chi connectivity index (χ2n) is 4.52. The van der Waals surface area contributed by atoms with E-state index in [-0.39, 0.29) is 12.0 Å². The highest BCUT2D eigenvalue weighted by atomic mass is 35.5. The number of unbranched alkanes of at least 4 members (excludes halogenated alkanes) is 1. The first-order valence-corrected chi connectivity index (χ1v) is 7.90. The lowest BCUT2D eigenvalue weighted by Crippen LogP contribution is -2.26. The zero-order chi connectivity index (χ0) is 14.1. The normalized spacial score (nSPS) is 10.9. The Bertz CT molecular complexity index is 382. The van der Waals surface area contributed by atoms with Gasteiger partial charge in [0.1, 0.15) is 5.01 Å². The largest absolute Gasteiger partial charge is 0.379 e. The molecule has 0 aromatic carbocycles. The highest BCUT2D eigenvalue weighted by molar-refractivity contribution is 7.09. The Kier molecular flexibility index (Phi) is 8.02. The summed E-state index contributed by atoms with van der Waals surface area (Å²) in [5.74, 6) is 0.411. The fourth-order valence-corrected chi connectivity index (χ4v) is 2.49. The first-order valence-electron chi connectivity index (χ1n) is 6.49. The summed E-state index contributed by atoms with van der Waals surface area (Å²) in [5, 5.41) is 5.59. The zero-order valence-electron chi connectivity index (χ0n) is 11.4. The van der Waals surface area contributed by atoms with Gasteiger partial charge in [-0.05, 0) is 26.7 Å². The molecule has 0 radical (unpaired) electrons. The van der Waals surface area contributed by atoms with E-state index in [0.717, 1.165) is 30.2 Å². The van der Waals surface area contributed by atoms with E-state index in [4.69, 9.17) is 16.3 Å². The zero-order valence-corrected chi connectivity index (χ0v) is 13.0. The van der Waals surface area contributed by atoms with E-state index in [1.807, 2.05) is 19.2 Å². The Morgan fingerprint density at radius 2 is 2.32 bits per heavy atom. The molecule has 0 aliphatic rings. The van der Waals surface area contributed by atoms with Crippen molar-refractivity contribution < 1.29 is 9.53 Å². The Morgan fingerprint density at radius 1 is 1.53 bits per heavy atom. The fourth-order valence-electron chi connectivity index (χ4n) is 1.47. The molecule has 1 aromatic heterocycles. The molecule has 1 amide bonds. The van der Waals surface area contributed by atoms with Gasteiger partial charge in [-0.1, -0.05) is 0 Å². The van der Waals surface area contributed by atoms with Gasteiger partial charge in [0.25, 0.3) is 0 Å². The average Bonchev–Trinajstić information content (AvgIpc) is 2.81. The van der Waals surface area contributed by atoms with E-state index in [1.54, 1.807) is 0 Å². The van der Waals surface area contributed by atoms with E-state index in [0.29, 0.717) is 18.8 Å². The number of amides is 1. The minimum Gasteiger partial charge on any atom is -0.379 e. The molecule has 108 valence electrons. The van der Waals surface area contributed by atoms with Crippen LogP contribution in [0.4, 0.5) is 0 Å². The first kappa shape index (κ1) is 16.4. The van der Waals surface area contributed by atoms with Crippen molar-refractivity contribution in [3.8, 4) is 0 Å². The maximum Gasteiger partial charge on any atom is 0.226 e. The molecule has 0 unspecified atom stereocenters. The van der Waals surface area contributed by atoms with Gasteiger partial charge in [-0.2, -0.15) is 0 Å². The lowest BCUT2D eigenvalue weighted by molar-refractivity contribution is -0.120. The number of alkyl halides is 1. The van der Waals surface area contributed by atoms with Crippen LogP contribution in [0.5, 0.6) is 0 Å². The Balaban J connectivity index is 2.08. The highest BCUT2D eigenvalue weighted by Gasteiger charge is 2.07. The highest BCUT2D eigenvalue weighted by Crippen LogP contribution is 2.11. The summed E-state index contributed by atoms with van der Waals surface area (Å²) in [6, 6.07) is 0. The van der Waals surface area contributed by atoms with E-state index < -0.39 is 0 Å². The predicted octanol–water partition coefficient (Wildman–Crippen LogP) is 2.75. The minimum absolute atomic E-state index is 0.0141. The van der Waals surface area contributed by atoms with Crippen LogP contribution < -0.4 is 5.32 Å². The number of carbonyl (C=O) groups is 1. The van der Waals surface area contributed by atoms with Crippen LogP contribution >= 0.6 is 22.9 Å². The molecule has 0 spiro atoms. The van der Waals surface area contributed by atoms with Crippen LogP contribution in [0.15, 0.2) is 5.38 Å². The van der Waals surface area contributed by atoms with Gasteiger partial charge in [-0.25, -0.2) is 4.98 Å². The summed E-state index contributed by atoms with van der Waals surface area (Å²) in [5.41, 5.74) is 0.834. The number of nitrogens with zero attached hydrogens (tertiary/aromatic N) is 1. The van der Waals surface area contributed by atoms with Crippen LogP contribution in [0, 0.1) is 0 Å². The van der Waals surface area contributed by atoms with Gasteiger partial charge in [0, 0.05) is 18.5 Å². The molecule has 0 aliphatic carbocycles. The van der Waals surface area contributed by atoms with Crippen molar-refractivity contribution >= 4 is 28.8 Å². The van der Waals surface area contributed by atoms with Gasteiger partial charge in [0.05, 0.1) is 24.1 Å². The molecule has 1 aromatic rings. The molecule has 4 nitrogen and oxygen atoms in total. The summed E-state index contributed by atoms with van der Waals surface area (Å²) in [6.07, 6.45) is 2.51. The van der Waals surface area contributed by atoms with E-state index in [1.165, 1.54) is 11.3 Å². The SMILES string of the molecule is CC(C)OCCCCNC(=O)Cc1nc(CCl)cs1. The summed E-state index contributed by atoms with van der Waals surface area (Å²) >= 11 is 7.14. The number of carbonyl (C=O) groups excluding carboxylic acids is 1. The van der Waals surface area contributed by atoms with Crippen molar-refractivity contribution in [1.29, 1.82) is 0 Å². The van der Waals surface area contributed by atoms with Gasteiger partial charge in [0.15, 0.2) is 0 Å². The molecule has 0 bridgehead atoms. The van der Waals surface area contributed by atoms with Gasteiger partial charge in [-0.15, -0.1) is 22.9 Å². The molecule has 0 atom stereocenters. The monoisotopic (exact) mass is 304 g/mol. The van der Waals surface area contributed by atoms with Crippen molar-refractivity contribution in [3.05, 3.63) is 16.1 Å². The van der Waals surface area contributed by atoms with Gasteiger partial charge >= 0.3 is 0 Å². The summed E-state index contributed by atoms with van der Waals surface area (Å²) in [4.78, 5) is 15.9. The topological polar surface area (TPSA) is 51.2 Å². The second-order valence-corrected chi connectivity index (χ2v) is 5.73. The third-order valence-corrected chi connectivity index (χ3v) is 3.56. The number of nitrogens with one attached hydrogen (secondary N) is 1. The average molecular weight is 305 g/mol. The van der Waals surface area contributed by atoms with Crippen molar-refractivity contribution in [1.82, 2.24) is 10.3 Å². The minimum atomic E-state index is 0.0141. The van der Waals surface area contributed by atoms with Gasteiger partial charge in [-0.3, -0.25) is 4.79 Å². The smallest absolute Gasteiger partial charge is 0.226 e. The fraction of sp³-hybridized carbons (Fsp3) is 0.692. The molecule has 0 aliphatic heterocycles. The number of thiazole rings is 1. The van der Waals surface area contributed by atoms with Crippen molar-refractivity contribution in [2.45, 2.75) is 45.1 Å². The molecule has 1 N–H and O–H groups in total. The first-order chi connectivity index (χ1) is 9.11. The molecule has 19 heavy (non-hydrogen) atoms. The van der Waals surface area contributed by atoms with E-state index >= 15 is 0 Å². The third-order valence-electron chi connectivity index (χ3n) is 2.39. The Labute approximate surface area is 123 Å². The molecule has 0 fully saturated rings. The summed E-state index contributed by atoms with van der Waals surface area (Å²) in [6.45, 7) is 5.48. The molecular weight excluding hydrogens is 284 g/mol. The van der Waals surface area contributed by atoms with Gasteiger partial charge < -0.3 is 10.1 Å². The van der Waals surface area contributed by atoms with Crippen molar-refractivity contribution in [2.24, 2.45) is 0 Å². The number of hydrogen-bond donors (Lipinski definition) is 1. The number of rotatable bonds is 9. The Hall–Kier alpha value is -0.650. The lowest BCUT2D eigenvalue weighted by Gasteiger charge is -2.07. The molecule has 0 saturated carbocycles. The molecule has 6 heteroatoms. The number of ether oxygens (including phenoxy) is 1. The second kappa shape index (κ2) is 9.28. The van der Waals surface area contributed by atoms with Crippen LogP contribution in [-0.2, 0) is 21.8 Å².